The highest BCUT2D eigenvalue weighted by atomic mass is 15.3. The third-order valence-corrected chi connectivity index (χ3v) is 4.09. The number of rotatable bonds is 1. The van der Waals surface area contributed by atoms with Crippen molar-refractivity contribution >= 4 is 0 Å². The zero-order valence-electron chi connectivity index (χ0n) is 10.5. The molecule has 0 fully saturated rings. The average molecular weight is 206 g/mol. The maximum Gasteiger partial charge on any atom is 0.0522 e. The second-order valence-corrected chi connectivity index (χ2v) is 5.74. The van der Waals surface area contributed by atoms with E-state index in [2.05, 4.69) is 44.4 Å². The predicted molar refractivity (Wildman–Crippen MR) is 62.9 cm³/mol. The Bertz CT molecular complexity index is 365. The summed E-state index contributed by atoms with van der Waals surface area (Å²) in [6.07, 6.45) is 3.31. The predicted octanol–water partition coefficient (Wildman–Crippen LogP) is 3.15. The Kier molecular flexibility index (Phi) is 2.40. The molecule has 0 spiro atoms. The molecule has 2 heterocycles. The average Bonchev–Trinajstić information content (AvgIpc) is 2.47. The summed E-state index contributed by atoms with van der Waals surface area (Å²) in [5.74, 6) is 1.42. The number of nitrogens with zero attached hydrogens (tertiary/aromatic N) is 2. The molecule has 0 bridgehead atoms. The lowest BCUT2D eigenvalue weighted by Crippen LogP contribution is -2.39. The summed E-state index contributed by atoms with van der Waals surface area (Å²) in [5.41, 5.74) is 3.13. The number of hydrogen-bond donors (Lipinski definition) is 0. The molecule has 1 aliphatic heterocycles. The molecule has 2 heteroatoms. The van der Waals surface area contributed by atoms with Crippen LogP contribution in [0.4, 0.5) is 0 Å². The summed E-state index contributed by atoms with van der Waals surface area (Å²) in [4.78, 5) is 0. The van der Waals surface area contributed by atoms with Gasteiger partial charge < -0.3 is 0 Å². The Labute approximate surface area is 92.7 Å². The Morgan fingerprint density at radius 1 is 1.53 bits per heavy atom. The Morgan fingerprint density at radius 3 is 2.80 bits per heavy atom. The summed E-state index contributed by atoms with van der Waals surface area (Å²) in [6, 6.07) is 0. The molecule has 15 heavy (non-hydrogen) atoms. The van der Waals surface area contributed by atoms with Crippen LogP contribution in [0, 0.1) is 18.8 Å². The standard InChI is InChI=1S/C13H22N2/c1-9(2)13(5)6-10(3)8-15-12(13)11(4)7-14-15/h7,9-10H,6,8H2,1-5H3. The number of hydrogen-bond acceptors (Lipinski definition) is 1. The van der Waals surface area contributed by atoms with Crippen LogP contribution in [0.1, 0.15) is 45.4 Å². The summed E-state index contributed by atoms with van der Waals surface area (Å²) in [7, 11) is 0. The minimum absolute atomic E-state index is 0.304. The van der Waals surface area contributed by atoms with E-state index >= 15 is 0 Å². The van der Waals surface area contributed by atoms with Crippen molar-refractivity contribution in [3.63, 3.8) is 0 Å². The topological polar surface area (TPSA) is 17.8 Å². The van der Waals surface area contributed by atoms with Crippen LogP contribution < -0.4 is 0 Å². The molecule has 84 valence electrons. The molecule has 0 aromatic carbocycles. The molecule has 1 aromatic heterocycles. The minimum Gasteiger partial charge on any atom is -0.268 e. The van der Waals surface area contributed by atoms with Gasteiger partial charge in [0.1, 0.15) is 0 Å². The van der Waals surface area contributed by atoms with Gasteiger partial charge in [0.05, 0.1) is 6.20 Å². The maximum absolute atomic E-state index is 4.50. The minimum atomic E-state index is 0.304. The highest BCUT2D eigenvalue weighted by molar-refractivity contribution is 5.27. The molecule has 1 aromatic rings. The van der Waals surface area contributed by atoms with Gasteiger partial charge >= 0.3 is 0 Å². The first-order valence-electron chi connectivity index (χ1n) is 5.98. The lowest BCUT2D eigenvalue weighted by molar-refractivity contribution is 0.194. The molecule has 0 aliphatic carbocycles. The summed E-state index contributed by atoms with van der Waals surface area (Å²) >= 11 is 0. The third kappa shape index (κ3) is 1.51. The van der Waals surface area contributed by atoms with Gasteiger partial charge in [-0.25, -0.2) is 0 Å². The fraction of sp³-hybridized carbons (Fsp3) is 0.769. The fourth-order valence-electron chi connectivity index (χ4n) is 3.05. The van der Waals surface area contributed by atoms with Gasteiger partial charge in [-0.2, -0.15) is 5.10 Å². The van der Waals surface area contributed by atoms with Gasteiger partial charge in [0.15, 0.2) is 0 Å². The van der Waals surface area contributed by atoms with Crippen LogP contribution in [-0.2, 0) is 12.0 Å². The summed E-state index contributed by atoms with van der Waals surface area (Å²) < 4.78 is 2.23. The Morgan fingerprint density at radius 2 is 2.20 bits per heavy atom. The quantitative estimate of drug-likeness (QED) is 0.690. The van der Waals surface area contributed by atoms with Gasteiger partial charge in [-0.15, -0.1) is 0 Å². The Hall–Kier alpha value is -0.790. The molecule has 0 radical (unpaired) electrons. The molecule has 0 saturated carbocycles. The van der Waals surface area contributed by atoms with Crippen LogP contribution >= 0.6 is 0 Å². The van der Waals surface area contributed by atoms with E-state index in [1.807, 2.05) is 6.20 Å². The lowest BCUT2D eigenvalue weighted by atomic mass is 9.68. The van der Waals surface area contributed by atoms with Crippen molar-refractivity contribution < 1.29 is 0 Å². The van der Waals surface area contributed by atoms with Gasteiger partial charge in [-0.05, 0) is 30.7 Å². The largest absolute Gasteiger partial charge is 0.268 e. The Balaban J connectivity index is 2.54. The molecule has 0 amide bonds. The fourth-order valence-corrected chi connectivity index (χ4v) is 3.05. The smallest absolute Gasteiger partial charge is 0.0522 e. The van der Waals surface area contributed by atoms with Gasteiger partial charge in [0.25, 0.3) is 0 Å². The molecule has 2 atom stereocenters. The van der Waals surface area contributed by atoms with E-state index < -0.39 is 0 Å². The van der Waals surface area contributed by atoms with Crippen LogP contribution in [0.5, 0.6) is 0 Å². The van der Waals surface area contributed by atoms with Gasteiger partial charge in [-0.3, -0.25) is 4.68 Å². The van der Waals surface area contributed by atoms with Crippen LogP contribution in [0.25, 0.3) is 0 Å². The zero-order valence-corrected chi connectivity index (χ0v) is 10.5. The lowest BCUT2D eigenvalue weighted by Gasteiger charge is -2.41. The SMILES string of the molecule is Cc1cnn2c1C(C)(C(C)C)CC(C)C2. The highest BCUT2D eigenvalue weighted by Gasteiger charge is 2.39. The first-order valence-corrected chi connectivity index (χ1v) is 5.98. The van der Waals surface area contributed by atoms with Crippen molar-refractivity contribution in [3.05, 3.63) is 17.5 Å². The van der Waals surface area contributed by atoms with Gasteiger partial charge in [0, 0.05) is 17.7 Å². The van der Waals surface area contributed by atoms with E-state index in [9.17, 15) is 0 Å². The molecule has 0 saturated heterocycles. The van der Waals surface area contributed by atoms with Gasteiger partial charge in [0.2, 0.25) is 0 Å². The van der Waals surface area contributed by atoms with E-state index in [0.717, 1.165) is 12.5 Å². The molecular weight excluding hydrogens is 184 g/mol. The third-order valence-electron chi connectivity index (χ3n) is 4.09. The van der Waals surface area contributed by atoms with Crippen molar-refractivity contribution in [2.24, 2.45) is 11.8 Å². The normalized spacial score (nSPS) is 30.7. The van der Waals surface area contributed by atoms with Crippen LogP contribution in [0.15, 0.2) is 6.20 Å². The van der Waals surface area contributed by atoms with E-state index in [-0.39, 0.29) is 0 Å². The molecule has 2 rings (SSSR count). The van der Waals surface area contributed by atoms with E-state index in [1.165, 1.54) is 17.7 Å². The summed E-state index contributed by atoms with van der Waals surface area (Å²) in [5, 5.41) is 4.50. The highest BCUT2D eigenvalue weighted by Crippen LogP contribution is 2.42. The number of aromatic nitrogens is 2. The van der Waals surface area contributed by atoms with Crippen molar-refractivity contribution in [1.82, 2.24) is 9.78 Å². The van der Waals surface area contributed by atoms with E-state index in [1.54, 1.807) is 0 Å². The maximum atomic E-state index is 4.50. The van der Waals surface area contributed by atoms with E-state index in [0.29, 0.717) is 11.3 Å². The van der Waals surface area contributed by atoms with Crippen molar-refractivity contribution in [3.8, 4) is 0 Å². The first kappa shape index (κ1) is 10.7. The second kappa shape index (κ2) is 3.36. The summed E-state index contributed by atoms with van der Waals surface area (Å²) in [6.45, 7) is 12.7. The van der Waals surface area contributed by atoms with Crippen molar-refractivity contribution in [2.75, 3.05) is 0 Å². The molecular formula is C13H22N2. The molecule has 1 aliphatic rings. The molecule has 0 N–H and O–H groups in total. The molecule has 2 unspecified atom stereocenters. The van der Waals surface area contributed by atoms with Gasteiger partial charge in [-0.1, -0.05) is 27.7 Å². The van der Waals surface area contributed by atoms with Crippen LogP contribution in [0.2, 0.25) is 0 Å². The van der Waals surface area contributed by atoms with Crippen LogP contribution in [0.3, 0.4) is 0 Å². The number of fused-ring (bicyclic) bond motifs is 1. The molecule has 2 nitrogen and oxygen atoms in total. The zero-order chi connectivity index (χ0) is 11.2. The van der Waals surface area contributed by atoms with Crippen molar-refractivity contribution in [2.45, 2.75) is 53.0 Å². The van der Waals surface area contributed by atoms with Crippen molar-refractivity contribution in [1.29, 1.82) is 0 Å². The number of aryl methyl sites for hydroxylation is 1. The first-order chi connectivity index (χ1) is 6.95. The monoisotopic (exact) mass is 206 g/mol. The second-order valence-electron chi connectivity index (χ2n) is 5.74. The van der Waals surface area contributed by atoms with Crippen LogP contribution in [-0.4, -0.2) is 9.78 Å². The van der Waals surface area contributed by atoms with E-state index in [4.69, 9.17) is 0 Å².